The molecule has 0 saturated carbocycles. The number of hydrazine groups is 1. The molecule has 2 aromatic carbocycles. The fourth-order valence-electron chi connectivity index (χ4n) is 2.83. The Kier molecular flexibility index (Phi) is 5.04. The van der Waals surface area contributed by atoms with Crippen LogP contribution >= 0.6 is 11.6 Å². The van der Waals surface area contributed by atoms with Crippen molar-refractivity contribution < 1.29 is 0 Å². The predicted octanol–water partition coefficient (Wildman–Crippen LogP) is 4.32. The van der Waals surface area contributed by atoms with Crippen LogP contribution in [0.3, 0.4) is 0 Å². The van der Waals surface area contributed by atoms with Crippen molar-refractivity contribution in [3.8, 4) is 0 Å². The second-order valence-electron chi connectivity index (χ2n) is 5.81. The number of nitrogens with two attached hydrogens (primary N) is 1. The van der Waals surface area contributed by atoms with Gasteiger partial charge in [0.2, 0.25) is 0 Å². The van der Waals surface area contributed by atoms with Gasteiger partial charge in [-0.2, -0.15) is 0 Å². The second kappa shape index (κ2) is 6.61. The van der Waals surface area contributed by atoms with E-state index in [1.807, 2.05) is 19.1 Å². The summed E-state index contributed by atoms with van der Waals surface area (Å²) in [5.74, 6) is 5.78. The Bertz CT molecular complexity index is 627. The molecular formula is C18H23ClN2. The van der Waals surface area contributed by atoms with Crippen LogP contribution in [0.25, 0.3) is 0 Å². The summed E-state index contributed by atoms with van der Waals surface area (Å²) in [6, 6.07) is 10.6. The van der Waals surface area contributed by atoms with Crippen LogP contribution in [0.4, 0.5) is 0 Å². The maximum absolute atomic E-state index is 6.23. The van der Waals surface area contributed by atoms with Gasteiger partial charge in [-0.15, -0.1) is 0 Å². The van der Waals surface area contributed by atoms with Crippen molar-refractivity contribution in [2.75, 3.05) is 0 Å². The Hall–Kier alpha value is -1.35. The van der Waals surface area contributed by atoms with Crippen LogP contribution in [0.5, 0.6) is 0 Å². The van der Waals surface area contributed by atoms with Crippen molar-refractivity contribution in [3.05, 3.63) is 68.7 Å². The smallest absolute Gasteiger partial charge is 0.0501 e. The van der Waals surface area contributed by atoms with Crippen LogP contribution in [0.2, 0.25) is 5.02 Å². The van der Waals surface area contributed by atoms with E-state index >= 15 is 0 Å². The normalized spacial score (nSPS) is 12.5. The summed E-state index contributed by atoms with van der Waals surface area (Å²) in [6.07, 6.45) is 0.855. The molecule has 0 saturated heterocycles. The Labute approximate surface area is 132 Å². The molecule has 2 aromatic rings. The van der Waals surface area contributed by atoms with Crippen LogP contribution < -0.4 is 11.3 Å². The number of rotatable bonds is 4. The van der Waals surface area contributed by atoms with E-state index in [1.54, 1.807) is 0 Å². The van der Waals surface area contributed by atoms with E-state index < -0.39 is 0 Å². The summed E-state index contributed by atoms with van der Waals surface area (Å²) in [5.41, 5.74) is 10.4. The first-order valence-corrected chi connectivity index (χ1v) is 7.59. The average Bonchev–Trinajstić information content (AvgIpc) is 2.41. The molecule has 2 nitrogen and oxygen atoms in total. The summed E-state index contributed by atoms with van der Waals surface area (Å²) in [4.78, 5) is 0. The lowest BCUT2D eigenvalue weighted by Gasteiger charge is -2.20. The van der Waals surface area contributed by atoms with E-state index in [0.29, 0.717) is 0 Å². The molecule has 112 valence electrons. The number of nitrogens with one attached hydrogen (secondary N) is 1. The molecule has 0 amide bonds. The third-order valence-corrected chi connectivity index (χ3v) is 4.46. The van der Waals surface area contributed by atoms with Gasteiger partial charge < -0.3 is 0 Å². The zero-order valence-electron chi connectivity index (χ0n) is 13.1. The summed E-state index contributed by atoms with van der Waals surface area (Å²) in [5, 5.41) is 0.783. The Balaban J connectivity index is 2.33. The molecule has 1 unspecified atom stereocenters. The lowest BCUT2D eigenvalue weighted by Crippen LogP contribution is -2.30. The third kappa shape index (κ3) is 3.65. The first-order chi connectivity index (χ1) is 9.92. The average molecular weight is 303 g/mol. The molecule has 3 N–H and O–H groups in total. The highest BCUT2D eigenvalue weighted by Gasteiger charge is 2.14. The Morgan fingerprint density at radius 2 is 1.62 bits per heavy atom. The molecule has 0 radical (unpaired) electrons. The van der Waals surface area contributed by atoms with Gasteiger partial charge in [0.15, 0.2) is 0 Å². The molecule has 0 aliphatic rings. The minimum absolute atomic E-state index is 0.0585. The number of benzene rings is 2. The van der Waals surface area contributed by atoms with E-state index in [0.717, 1.165) is 22.6 Å². The third-order valence-electron chi connectivity index (χ3n) is 4.05. The molecule has 1 atom stereocenters. The van der Waals surface area contributed by atoms with Crippen molar-refractivity contribution in [2.24, 2.45) is 5.84 Å². The van der Waals surface area contributed by atoms with Crippen LogP contribution in [0.15, 0.2) is 30.3 Å². The maximum atomic E-state index is 6.23. The lowest BCUT2D eigenvalue weighted by atomic mass is 9.91. The Morgan fingerprint density at radius 1 is 1.00 bits per heavy atom. The van der Waals surface area contributed by atoms with Crippen molar-refractivity contribution in [1.29, 1.82) is 0 Å². The number of halogens is 1. The van der Waals surface area contributed by atoms with Crippen LogP contribution in [-0.2, 0) is 6.42 Å². The molecule has 0 aromatic heterocycles. The number of hydrogen-bond donors (Lipinski definition) is 2. The molecule has 3 heteroatoms. The van der Waals surface area contributed by atoms with Gasteiger partial charge in [0.1, 0.15) is 0 Å². The second-order valence-corrected chi connectivity index (χ2v) is 6.22. The number of hydrogen-bond acceptors (Lipinski definition) is 2. The minimum Gasteiger partial charge on any atom is -0.271 e. The maximum Gasteiger partial charge on any atom is 0.0501 e. The van der Waals surface area contributed by atoms with Crippen molar-refractivity contribution in [2.45, 2.75) is 40.2 Å². The molecule has 21 heavy (non-hydrogen) atoms. The first kappa shape index (κ1) is 16.0. The van der Waals surface area contributed by atoms with Gasteiger partial charge in [0.25, 0.3) is 0 Å². The fraction of sp³-hybridized carbons (Fsp3) is 0.333. The van der Waals surface area contributed by atoms with Gasteiger partial charge in [-0.1, -0.05) is 41.4 Å². The van der Waals surface area contributed by atoms with Crippen molar-refractivity contribution in [1.82, 2.24) is 5.43 Å². The summed E-state index contributed by atoms with van der Waals surface area (Å²) in [7, 11) is 0. The predicted molar refractivity (Wildman–Crippen MR) is 90.6 cm³/mol. The van der Waals surface area contributed by atoms with Crippen LogP contribution in [-0.4, -0.2) is 0 Å². The number of aryl methyl sites for hydroxylation is 4. The van der Waals surface area contributed by atoms with E-state index in [-0.39, 0.29) is 6.04 Å². The largest absolute Gasteiger partial charge is 0.271 e. The van der Waals surface area contributed by atoms with E-state index in [2.05, 4.69) is 44.4 Å². The topological polar surface area (TPSA) is 38.0 Å². The highest BCUT2D eigenvalue weighted by Crippen LogP contribution is 2.26. The summed E-state index contributed by atoms with van der Waals surface area (Å²) in [6.45, 7) is 8.45. The fourth-order valence-corrected chi connectivity index (χ4v) is 3.02. The SMILES string of the molecule is Cc1cc(C)c(CC(NN)c2ccc(C)c(Cl)c2)c(C)c1. The zero-order chi connectivity index (χ0) is 15.6. The van der Waals surface area contributed by atoms with Gasteiger partial charge in [0, 0.05) is 5.02 Å². The highest BCUT2D eigenvalue weighted by molar-refractivity contribution is 6.31. The molecule has 2 rings (SSSR count). The molecule has 0 bridgehead atoms. The van der Waals surface area contributed by atoms with Crippen molar-refractivity contribution in [3.63, 3.8) is 0 Å². The minimum atomic E-state index is 0.0585. The molecular weight excluding hydrogens is 280 g/mol. The quantitative estimate of drug-likeness (QED) is 0.652. The molecule has 0 spiro atoms. The van der Waals surface area contributed by atoms with E-state index in [1.165, 1.54) is 22.3 Å². The lowest BCUT2D eigenvalue weighted by molar-refractivity contribution is 0.549. The van der Waals surface area contributed by atoms with E-state index in [4.69, 9.17) is 17.4 Å². The van der Waals surface area contributed by atoms with E-state index in [9.17, 15) is 0 Å². The van der Waals surface area contributed by atoms with Gasteiger partial charge in [-0.05, 0) is 68.0 Å². The molecule has 0 aliphatic heterocycles. The molecule has 0 fully saturated rings. The zero-order valence-corrected chi connectivity index (χ0v) is 13.9. The summed E-state index contributed by atoms with van der Waals surface area (Å²) < 4.78 is 0. The van der Waals surface area contributed by atoms with Gasteiger partial charge in [-0.25, -0.2) is 0 Å². The van der Waals surface area contributed by atoms with Gasteiger partial charge in [-0.3, -0.25) is 11.3 Å². The standard InChI is InChI=1S/C18H23ClN2/c1-11-7-13(3)16(14(4)8-11)10-18(21-20)15-6-5-12(2)17(19)9-15/h5-9,18,21H,10,20H2,1-4H3. The van der Waals surface area contributed by atoms with Crippen LogP contribution in [0.1, 0.15) is 39.4 Å². The molecule has 0 heterocycles. The highest BCUT2D eigenvalue weighted by atomic mass is 35.5. The van der Waals surface area contributed by atoms with Gasteiger partial charge in [0.05, 0.1) is 6.04 Å². The molecule has 0 aliphatic carbocycles. The Morgan fingerprint density at radius 3 is 2.14 bits per heavy atom. The van der Waals surface area contributed by atoms with Crippen molar-refractivity contribution >= 4 is 11.6 Å². The monoisotopic (exact) mass is 302 g/mol. The van der Waals surface area contributed by atoms with Gasteiger partial charge >= 0.3 is 0 Å². The summed E-state index contributed by atoms with van der Waals surface area (Å²) >= 11 is 6.23. The first-order valence-electron chi connectivity index (χ1n) is 7.21. The van der Waals surface area contributed by atoms with Crippen LogP contribution in [0, 0.1) is 27.7 Å².